The van der Waals surface area contributed by atoms with Crippen LogP contribution in [-0.4, -0.2) is 137 Å². The van der Waals surface area contributed by atoms with Gasteiger partial charge in [-0.15, -0.1) is 70.6 Å². The summed E-state index contributed by atoms with van der Waals surface area (Å²) in [6.07, 6.45) is 1.63. The van der Waals surface area contributed by atoms with E-state index in [1.54, 1.807) is 90.6 Å². The summed E-state index contributed by atoms with van der Waals surface area (Å²) in [6, 6.07) is 37.2. The Kier molecular flexibility index (Phi) is 44.8. The first-order valence-corrected chi connectivity index (χ1v) is 41.8. The molecule has 0 bridgehead atoms. The molecule has 8 rings (SSSR count). The van der Waals surface area contributed by atoms with Crippen LogP contribution in [0.15, 0.2) is 156 Å². The van der Waals surface area contributed by atoms with Gasteiger partial charge in [-0.05, 0) is 140 Å². The number of Topliss-reactive ketones (excluding diaryl/α,β-unsaturated/α-hetero) is 6. The Labute approximate surface area is 688 Å². The van der Waals surface area contributed by atoms with E-state index in [0.29, 0.717) is 108 Å². The normalized spacial score (nSPS) is 14.5. The number of ketones is 6. The van der Waals surface area contributed by atoms with Crippen LogP contribution < -0.4 is 0 Å². The Hall–Kier alpha value is -6.62. The molecule has 2 aliphatic heterocycles. The van der Waals surface area contributed by atoms with Gasteiger partial charge in [0.2, 0.25) is 0 Å². The molecule has 596 valence electrons. The van der Waals surface area contributed by atoms with Crippen molar-refractivity contribution in [3.8, 4) is 0 Å². The minimum atomic E-state index is -0.593. The molecule has 0 saturated heterocycles. The first-order chi connectivity index (χ1) is 51.9. The highest BCUT2D eigenvalue weighted by atomic mass is 35.5. The van der Waals surface area contributed by atoms with Crippen molar-refractivity contribution in [3.63, 3.8) is 0 Å². The summed E-state index contributed by atoms with van der Waals surface area (Å²) in [6.45, 7) is 15.5. The number of carbonyl (C=O) groups is 10. The number of hydrogen-bond acceptors (Lipinski definition) is 23. The average Bonchev–Trinajstić information content (AvgIpc) is 1.68. The lowest BCUT2D eigenvalue weighted by Crippen LogP contribution is -2.12. The number of aliphatic hydroxyl groups is 3. The first-order valence-electron chi connectivity index (χ1n) is 34.0. The highest BCUT2D eigenvalue weighted by Crippen LogP contribution is 2.46. The Morgan fingerprint density at radius 1 is 0.455 bits per heavy atom. The van der Waals surface area contributed by atoms with Crippen molar-refractivity contribution in [1.82, 2.24) is 0 Å². The molecular formula is C81H92Cl4F2O17S6. The van der Waals surface area contributed by atoms with Crippen molar-refractivity contribution in [3.05, 3.63) is 232 Å². The van der Waals surface area contributed by atoms with Gasteiger partial charge in [-0.1, -0.05) is 152 Å². The smallest absolute Gasteiger partial charge is 0.323 e. The number of halogens is 6. The number of thioether (sulfide) groups is 6. The van der Waals surface area contributed by atoms with Gasteiger partial charge < -0.3 is 34.3 Å². The van der Waals surface area contributed by atoms with E-state index in [0.717, 1.165) is 22.3 Å². The van der Waals surface area contributed by atoms with Crippen molar-refractivity contribution >= 4 is 176 Å². The van der Waals surface area contributed by atoms with Gasteiger partial charge in [0.05, 0.1) is 55.6 Å². The molecule has 0 spiro atoms. The summed E-state index contributed by atoms with van der Waals surface area (Å²) < 4.78 is 44.9. The number of aliphatic hydroxyl groups excluding tert-OH is 3. The fourth-order valence-corrected chi connectivity index (χ4v) is 18.0. The molecule has 110 heavy (non-hydrogen) atoms. The second kappa shape index (κ2) is 50.5. The van der Waals surface area contributed by atoms with Crippen molar-refractivity contribution in [2.24, 2.45) is 0 Å². The van der Waals surface area contributed by atoms with Crippen LogP contribution in [0.25, 0.3) is 0 Å². The molecule has 2 heterocycles. The topological polar surface area (TPSA) is 268 Å². The van der Waals surface area contributed by atoms with E-state index >= 15 is 0 Å². The van der Waals surface area contributed by atoms with Crippen molar-refractivity contribution in [2.45, 2.75) is 132 Å². The summed E-state index contributed by atoms with van der Waals surface area (Å²) in [7, 11) is 5.28. The van der Waals surface area contributed by atoms with E-state index in [-0.39, 0.29) is 80.5 Å². The summed E-state index contributed by atoms with van der Waals surface area (Å²) in [5, 5.41) is 28.6. The minimum Gasteiger partial charge on any atom is -0.510 e. The van der Waals surface area contributed by atoms with Gasteiger partial charge in [0.15, 0.2) is 11.6 Å². The lowest BCUT2D eigenvalue weighted by Gasteiger charge is -2.20. The summed E-state index contributed by atoms with van der Waals surface area (Å²) in [4.78, 5) is 113. The number of ether oxygens (including phenoxy) is 4. The predicted octanol–water partition coefficient (Wildman–Crippen LogP) is 19.9. The molecule has 0 radical (unpaired) electrons. The maximum Gasteiger partial charge on any atom is 0.323 e. The minimum absolute atomic E-state index is 0.0271. The third kappa shape index (κ3) is 34.0. The number of esters is 4. The third-order valence-electron chi connectivity index (χ3n) is 15.7. The van der Waals surface area contributed by atoms with Gasteiger partial charge in [-0.25, -0.2) is 8.78 Å². The van der Waals surface area contributed by atoms with Crippen LogP contribution in [0.2, 0.25) is 20.1 Å². The lowest BCUT2D eigenvalue weighted by atomic mass is 9.86. The summed E-state index contributed by atoms with van der Waals surface area (Å²) in [5.74, 6) is 1.58. The number of methoxy groups -OCH3 is 4. The Balaban J connectivity index is 0.000000342. The van der Waals surface area contributed by atoms with Gasteiger partial charge in [0.1, 0.15) is 67.3 Å². The quantitative estimate of drug-likeness (QED) is 0.0291. The van der Waals surface area contributed by atoms with E-state index < -0.39 is 44.7 Å². The maximum atomic E-state index is 13.1. The van der Waals surface area contributed by atoms with Crippen LogP contribution in [-0.2, 0) is 78.9 Å². The number of hydrogen-bond donors (Lipinski definition) is 3. The first kappa shape index (κ1) is 97.6. The van der Waals surface area contributed by atoms with Crippen LogP contribution in [0, 0.1) is 11.6 Å². The summed E-state index contributed by atoms with van der Waals surface area (Å²) in [5.41, 5.74) is 7.86. The molecule has 6 unspecified atom stereocenters. The fraction of sp³-hybridized carbons (Fsp3) is 0.383. The molecule has 0 saturated carbocycles. The highest BCUT2D eigenvalue weighted by Gasteiger charge is 2.32. The molecule has 3 N–H and O–H groups in total. The van der Waals surface area contributed by atoms with Gasteiger partial charge >= 0.3 is 23.9 Å². The molecule has 6 aromatic rings. The second-order valence-electron chi connectivity index (χ2n) is 25.3. The number of rotatable bonds is 29. The fourth-order valence-electron chi connectivity index (χ4n) is 9.58. The monoisotopic (exact) mass is 1710 g/mol. The lowest BCUT2D eigenvalue weighted by molar-refractivity contribution is -0.141. The molecule has 17 nitrogen and oxygen atoms in total. The van der Waals surface area contributed by atoms with Crippen molar-refractivity contribution in [2.75, 3.05) is 63.0 Å². The van der Waals surface area contributed by atoms with Gasteiger partial charge in [-0.2, -0.15) is 0 Å². The van der Waals surface area contributed by atoms with Crippen molar-refractivity contribution < 1.29 is 91.0 Å². The van der Waals surface area contributed by atoms with E-state index in [2.05, 4.69) is 45.0 Å². The largest absolute Gasteiger partial charge is 0.510 e. The van der Waals surface area contributed by atoms with Crippen LogP contribution >= 0.6 is 117 Å². The van der Waals surface area contributed by atoms with Gasteiger partial charge in [-0.3, -0.25) is 47.9 Å². The van der Waals surface area contributed by atoms with Crippen LogP contribution in [0.3, 0.4) is 0 Å². The SMILES string of the molecule is CC(=O)C1=C(O)C(c2ccc(C(C)(C)C)cc2)SC1.CC(=O)C1=C(O)C(c2ccc(Cl)c(Cl)c2)SC1.COC(=O)C(SCCC(C)=O)c1ccc(CO)cc1.COC(=O)C(SCCC(C)=O)c1ccc(Cl)cc1Cl.COC(=O)C(SCCC(C)=O)c1ccc(F)cc1.COC(=O)C(SCCC(C)=O)c1cccc(F)c1. The molecule has 0 aliphatic carbocycles. The van der Waals surface area contributed by atoms with Gasteiger partial charge in [0.25, 0.3) is 0 Å². The molecular weight excluding hydrogens is 1620 g/mol. The van der Waals surface area contributed by atoms with Crippen LogP contribution in [0.4, 0.5) is 8.78 Å². The molecule has 2 aliphatic rings. The maximum absolute atomic E-state index is 13.1. The van der Waals surface area contributed by atoms with Crippen molar-refractivity contribution in [1.29, 1.82) is 0 Å². The highest BCUT2D eigenvalue weighted by molar-refractivity contribution is 8.01. The van der Waals surface area contributed by atoms with Crippen LogP contribution in [0.5, 0.6) is 0 Å². The zero-order chi connectivity index (χ0) is 82.5. The molecule has 0 amide bonds. The predicted molar refractivity (Wildman–Crippen MR) is 444 cm³/mol. The van der Waals surface area contributed by atoms with Gasteiger partial charge in [0, 0.05) is 81.4 Å². The van der Waals surface area contributed by atoms with E-state index in [4.69, 9.17) is 70.5 Å². The molecule has 6 atom stereocenters. The average molecular weight is 1710 g/mol. The Morgan fingerprint density at radius 3 is 1.21 bits per heavy atom. The third-order valence-corrected chi connectivity index (χ3v) is 24.5. The van der Waals surface area contributed by atoms with E-state index in [1.165, 1.54) is 159 Å². The number of carbonyl (C=O) groups excluding carboxylic acids is 10. The standard InChI is InChI=1S/C16H20O2S.C14H18O4S.C13H14Cl2O3S.2C13H15FO3S.C12H10Cl2O2S/c1-10(17)13-9-19-15(14(13)18)11-5-7-12(8-6-11)16(2,3)4;1-10(16)7-8-19-13(14(17)18-2)12-5-3-11(9-15)4-6-12;1-8(16)5-6-19-12(13(17)18-2)10-4-3-9(14)7-11(10)15;1-9(15)7-8-18-12(13(16)17-2)10-3-5-11(14)6-4-10;1-9(15)6-7-18-12(13(16)17-2)10-4-3-5-11(14)8-10;1-6(15)8-5-17-12(11(8)16)7-2-3-9(13)10(14)4-7/h5-8,15,18H,9H2,1-4H3;3-6,13,15H,7-9H2,1-2H3;3-4,7,12H,5-6H2,1-2H3;3-6,12H,7-8H2,1-2H3;3-5,8,12H,6-7H2,1-2H3;2-4,12,16H,5H2,1H3. The summed E-state index contributed by atoms with van der Waals surface area (Å²) >= 11 is 32.1. The van der Waals surface area contributed by atoms with Crippen LogP contribution in [0.1, 0.15) is 164 Å². The zero-order valence-electron chi connectivity index (χ0n) is 63.2. The van der Waals surface area contributed by atoms with E-state index in [9.17, 15) is 66.9 Å². The molecule has 6 aromatic carbocycles. The Bertz CT molecular complexity index is 4160. The van der Waals surface area contributed by atoms with E-state index in [1.807, 2.05) is 6.07 Å². The zero-order valence-corrected chi connectivity index (χ0v) is 71.1. The second-order valence-corrected chi connectivity index (χ2v) is 34.0. The molecule has 0 fully saturated rings. The molecule has 29 heteroatoms. The Morgan fingerprint density at radius 2 is 0.845 bits per heavy atom. The molecule has 0 aromatic heterocycles. The number of benzene rings is 6.